The summed E-state index contributed by atoms with van der Waals surface area (Å²) in [5.41, 5.74) is 8.05. The summed E-state index contributed by atoms with van der Waals surface area (Å²) in [5.74, 6) is 0.585. The molecule has 2 aromatic carbocycles. The number of carbonyl (C=O) groups is 1. The molecule has 1 aliphatic heterocycles. The number of nitrogens with two attached hydrogens (primary N) is 1. The Kier molecular flexibility index (Phi) is 2.52. The van der Waals surface area contributed by atoms with Gasteiger partial charge in [-0.05, 0) is 17.7 Å². The van der Waals surface area contributed by atoms with Crippen molar-refractivity contribution in [1.29, 1.82) is 0 Å². The molecule has 0 spiro atoms. The molecule has 0 bridgehead atoms. The zero-order valence-electron chi connectivity index (χ0n) is 9.80. The second kappa shape index (κ2) is 4.18. The first kappa shape index (κ1) is 10.8. The molecular weight excluding hydrogens is 226 g/mol. The molecule has 3 heteroatoms. The van der Waals surface area contributed by atoms with E-state index < -0.39 is 5.91 Å². The predicted molar refractivity (Wildman–Crippen MR) is 68.7 cm³/mol. The molecule has 1 heterocycles. The molecule has 3 rings (SSSR count). The van der Waals surface area contributed by atoms with Crippen LogP contribution in [0.4, 0.5) is 0 Å². The Balaban J connectivity index is 2.10. The van der Waals surface area contributed by atoms with E-state index in [4.69, 9.17) is 10.5 Å². The van der Waals surface area contributed by atoms with Crippen LogP contribution in [-0.4, -0.2) is 12.5 Å². The minimum atomic E-state index is -0.394. The molecule has 0 aliphatic carbocycles. The molecule has 1 atom stereocenters. The normalized spacial score (nSPS) is 17.0. The highest BCUT2D eigenvalue weighted by molar-refractivity contribution is 5.94. The number of primary amides is 1. The fourth-order valence-electron chi connectivity index (χ4n) is 2.45. The van der Waals surface area contributed by atoms with E-state index in [9.17, 15) is 4.79 Å². The molecule has 2 aromatic rings. The van der Waals surface area contributed by atoms with Crippen LogP contribution in [0.1, 0.15) is 27.4 Å². The summed E-state index contributed by atoms with van der Waals surface area (Å²) in [5, 5.41) is 0. The van der Waals surface area contributed by atoms with Crippen molar-refractivity contribution in [2.75, 3.05) is 6.61 Å². The zero-order valence-corrected chi connectivity index (χ0v) is 9.80. The van der Waals surface area contributed by atoms with E-state index in [0.29, 0.717) is 12.2 Å². The lowest BCUT2D eigenvalue weighted by Crippen LogP contribution is -2.16. The molecule has 1 amide bonds. The largest absolute Gasteiger partial charge is 0.492 e. The lowest BCUT2D eigenvalue weighted by Gasteiger charge is -2.12. The van der Waals surface area contributed by atoms with E-state index in [2.05, 4.69) is 0 Å². The van der Waals surface area contributed by atoms with Crippen LogP contribution in [0, 0.1) is 0 Å². The summed E-state index contributed by atoms with van der Waals surface area (Å²) < 4.78 is 5.65. The van der Waals surface area contributed by atoms with E-state index in [-0.39, 0.29) is 5.92 Å². The Morgan fingerprint density at radius 3 is 2.50 bits per heavy atom. The summed E-state index contributed by atoms with van der Waals surface area (Å²) in [6, 6.07) is 15.4. The summed E-state index contributed by atoms with van der Waals surface area (Å²) >= 11 is 0. The van der Waals surface area contributed by atoms with Gasteiger partial charge in [0.25, 0.3) is 0 Å². The number of hydrogen-bond acceptors (Lipinski definition) is 2. The van der Waals surface area contributed by atoms with E-state index >= 15 is 0 Å². The predicted octanol–water partition coefficient (Wildman–Crippen LogP) is 2.31. The maximum atomic E-state index is 11.5. The molecule has 0 radical (unpaired) electrons. The van der Waals surface area contributed by atoms with Crippen LogP contribution in [0.15, 0.2) is 48.5 Å². The first-order valence-electron chi connectivity index (χ1n) is 5.88. The molecule has 2 N–H and O–H groups in total. The summed E-state index contributed by atoms with van der Waals surface area (Å²) in [4.78, 5) is 11.5. The zero-order chi connectivity index (χ0) is 12.5. The van der Waals surface area contributed by atoms with Gasteiger partial charge in [-0.3, -0.25) is 4.79 Å². The lowest BCUT2D eigenvalue weighted by molar-refractivity contribution is 0.0999. The molecule has 3 nitrogen and oxygen atoms in total. The van der Waals surface area contributed by atoms with Crippen molar-refractivity contribution in [1.82, 2.24) is 0 Å². The Labute approximate surface area is 105 Å². The van der Waals surface area contributed by atoms with E-state index in [0.717, 1.165) is 16.9 Å². The maximum absolute atomic E-state index is 11.5. The molecule has 0 saturated heterocycles. The van der Waals surface area contributed by atoms with Crippen molar-refractivity contribution in [3.63, 3.8) is 0 Å². The van der Waals surface area contributed by atoms with Gasteiger partial charge in [-0.1, -0.05) is 36.4 Å². The number of para-hydroxylation sites is 1. The standard InChI is InChI=1S/C15H13NO2/c16-15(17)12-7-2-1-5-10(12)13-9-18-14-8-4-3-6-11(13)14/h1-8,13H,9H2,(H2,16,17)/t13-/m0/s1. The Morgan fingerprint density at radius 2 is 1.72 bits per heavy atom. The topological polar surface area (TPSA) is 52.3 Å². The van der Waals surface area contributed by atoms with Crippen LogP contribution in [0.5, 0.6) is 5.75 Å². The van der Waals surface area contributed by atoms with Crippen molar-refractivity contribution in [2.24, 2.45) is 5.73 Å². The number of ether oxygens (including phenoxy) is 1. The van der Waals surface area contributed by atoms with Crippen LogP contribution in [0.25, 0.3) is 0 Å². The van der Waals surface area contributed by atoms with Crippen molar-refractivity contribution < 1.29 is 9.53 Å². The smallest absolute Gasteiger partial charge is 0.249 e. The van der Waals surface area contributed by atoms with Gasteiger partial charge in [0.15, 0.2) is 0 Å². The number of amides is 1. The van der Waals surface area contributed by atoms with Crippen LogP contribution in [0.3, 0.4) is 0 Å². The Bertz CT molecular complexity index is 607. The lowest BCUT2D eigenvalue weighted by atomic mass is 9.89. The fourth-order valence-corrected chi connectivity index (χ4v) is 2.45. The molecular formula is C15H13NO2. The average Bonchev–Trinajstić information content (AvgIpc) is 2.82. The molecule has 1 aliphatic rings. The first-order chi connectivity index (χ1) is 8.77. The van der Waals surface area contributed by atoms with Gasteiger partial charge in [0.2, 0.25) is 5.91 Å². The van der Waals surface area contributed by atoms with Gasteiger partial charge >= 0.3 is 0 Å². The van der Waals surface area contributed by atoms with E-state index in [1.54, 1.807) is 6.07 Å². The summed E-state index contributed by atoms with van der Waals surface area (Å²) in [6.45, 7) is 0.559. The second-order valence-corrected chi connectivity index (χ2v) is 4.35. The second-order valence-electron chi connectivity index (χ2n) is 4.35. The van der Waals surface area contributed by atoms with Crippen LogP contribution in [-0.2, 0) is 0 Å². The third-order valence-electron chi connectivity index (χ3n) is 3.30. The Hall–Kier alpha value is -2.29. The molecule has 0 unspecified atom stereocenters. The number of hydrogen-bond donors (Lipinski definition) is 1. The highest BCUT2D eigenvalue weighted by Gasteiger charge is 2.27. The van der Waals surface area contributed by atoms with E-state index in [1.807, 2.05) is 42.5 Å². The monoisotopic (exact) mass is 239 g/mol. The van der Waals surface area contributed by atoms with Gasteiger partial charge in [0, 0.05) is 17.0 Å². The highest BCUT2D eigenvalue weighted by Crippen LogP contribution is 2.38. The SMILES string of the molecule is NC(=O)c1ccccc1[C@@H]1COc2ccccc21. The summed E-state index contributed by atoms with van der Waals surface area (Å²) in [7, 11) is 0. The number of rotatable bonds is 2. The third kappa shape index (κ3) is 1.64. The van der Waals surface area contributed by atoms with Gasteiger partial charge in [-0.25, -0.2) is 0 Å². The van der Waals surface area contributed by atoms with Gasteiger partial charge in [-0.15, -0.1) is 0 Å². The highest BCUT2D eigenvalue weighted by atomic mass is 16.5. The third-order valence-corrected chi connectivity index (χ3v) is 3.30. The van der Waals surface area contributed by atoms with Crippen LogP contribution in [0.2, 0.25) is 0 Å². The number of carbonyl (C=O) groups excluding carboxylic acids is 1. The minimum Gasteiger partial charge on any atom is -0.492 e. The Morgan fingerprint density at radius 1 is 1.06 bits per heavy atom. The van der Waals surface area contributed by atoms with Gasteiger partial charge < -0.3 is 10.5 Å². The molecule has 0 saturated carbocycles. The number of benzene rings is 2. The summed E-state index contributed by atoms with van der Waals surface area (Å²) in [6.07, 6.45) is 0. The maximum Gasteiger partial charge on any atom is 0.249 e. The van der Waals surface area contributed by atoms with Crippen molar-refractivity contribution >= 4 is 5.91 Å². The number of fused-ring (bicyclic) bond motifs is 1. The molecule has 0 aromatic heterocycles. The quantitative estimate of drug-likeness (QED) is 0.874. The molecule has 90 valence electrons. The van der Waals surface area contributed by atoms with Crippen LogP contribution < -0.4 is 10.5 Å². The molecule has 18 heavy (non-hydrogen) atoms. The van der Waals surface area contributed by atoms with Crippen LogP contribution >= 0.6 is 0 Å². The van der Waals surface area contributed by atoms with Crippen molar-refractivity contribution in [2.45, 2.75) is 5.92 Å². The minimum absolute atomic E-state index is 0.0879. The van der Waals surface area contributed by atoms with Crippen molar-refractivity contribution in [3.05, 3.63) is 65.2 Å². The molecule has 0 fully saturated rings. The van der Waals surface area contributed by atoms with E-state index in [1.165, 1.54) is 0 Å². The van der Waals surface area contributed by atoms with Gasteiger partial charge in [-0.2, -0.15) is 0 Å². The van der Waals surface area contributed by atoms with Gasteiger partial charge in [0.05, 0.1) is 6.61 Å². The van der Waals surface area contributed by atoms with Gasteiger partial charge in [0.1, 0.15) is 5.75 Å². The fraction of sp³-hybridized carbons (Fsp3) is 0.133. The average molecular weight is 239 g/mol. The first-order valence-corrected chi connectivity index (χ1v) is 5.88. The van der Waals surface area contributed by atoms with Crippen molar-refractivity contribution in [3.8, 4) is 5.75 Å².